The molecule has 0 atom stereocenters. The smallest absolute Gasteiger partial charge is 0.143 e. The Morgan fingerprint density at radius 1 is 0.909 bits per heavy atom. The number of hydrogen-bond acceptors (Lipinski definition) is 7. The standard InChI is InChI=1S/C11H10ClN3O.C11H7ClN2.ClH.H3NO/c12-9-5-8-3-7(4-11(13)15-16)1-2-10(8)14-6-9;12-10-6-9-5-8(3-4-13)1-2-11(9)14-7-10;;1-2/h1-3,5-6,16H,4H2,(H2,13,15);1-2,5-7H,3H2;1H;2H,1H2. The van der Waals surface area contributed by atoms with E-state index >= 15 is 0 Å². The van der Waals surface area contributed by atoms with Crippen LogP contribution in [0.5, 0.6) is 0 Å². The number of nitrogens with two attached hydrogens (primary N) is 2. The van der Waals surface area contributed by atoms with Gasteiger partial charge in [-0.05, 0) is 47.5 Å². The van der Waals surface area contributed by atoms with Gasteiger partial charge in [0.15, 0.2) is 0 Å². The molecule has 33 heavy (non-hydrogen) atoms. The zero-order chi connectivity index (χ0) is 23.5. The van der Waals surface area contributed by atoms with E-state index in [2.05, 4.69) is 27.1 Å². The largest absolute Gasteiger partial charge is 0.409 e. The van der Waals surface area contributed by atoms with Gasteiger partial charge < -0.3 is 16.1 Å². The molecule has 0 aliphatic carbocycles. The van der Waals surface area contributed by atoms with Crippen molar-refractivity contribution in [1.82, 2.24) is 9.97 Å². The normalized spacial score (nSPS) is 10.2. The molecular weight excluding hydrogens is 487 g/mol. The average molecular weight is 508 g/mol. The number of hydrogen-bond donors (Lipinski definition) is 4. The fourth-order valence-corrected chi connectivity index (χ4v) is 3.20. The zero-order valence-electron chi connectivity index (χ0n) is 17.2. The predicted molar refractivity (Wildman–Crippen MR) is 133 cm³/mol. The number of aromatic nitrogens is 2. The molecule has 0 unspecified atom stereocenters. The molecule has 2 heterocycles. The summed E-state index contributed by atoms with van der Waals surface area (Å²) >= 11 is 11.7. The van der Waals surface area contributed by atoms with Gasteiger partial charge in [0.1, 0.15) is 5.84 Å². The van der Waals surface area contributed by atoms with E-state index in [1.54, 1.807) is 12.4 Å². The van der Waals surface area contributed by atoms with Crippen LogP contribution in [-0.4, -0.2) is 26.2 Å². The minimum Gasteiger partial charge on any atom is -0.409 e. The molecule has 2 aromatic carbocycles. The van der Waals surface area contributed by atoms with Crippen molar-refractivity contribution in [2.45, 2.75) is 12.8 Å². The summed E-state index contributed by atoms with van der Waals surface area (Å²) in [6.07, 6.45) is 4.04. The summed E-state index contributed by atoms with van der Waals surface area (Å²) in [6, 6.07) is 17.2. The van der Waals surface area contributed by atoms with Crippen molar-refractivity contribution in [2.24, 2.45) is 16.8 Å². The van der Waals surface area contributed by atoms with Crippen LogP contribution in [-0.2, 0) is 12.8 Å². The highest BCUT2D eigenvalue weighted by molar-refractivity contribution is 6.31. The van der Waals surface area contributed by atoms with Crippen LogP contribution >= 0.6 is 35.6 Å². The lowest BCUT2D eigenvalue weighted by molar-refractivity contribution is 0.311. The quantitative estimate of drug-likeness (QED) is 0.133. The van der Waals surface area contributed by atoms with Crippen molar-refractivity contribution in [2.75, 3.05) is 0 Å². The van der Waals surface area contributed by atoms with Gasteiger partial charge in [0.25, 0.3) is 0 Å². The van der Waals surface area contributed by atoms with Crippen molar-refractivity contribution in [3.8, 4) is 6.07 Å². The van der Waals surface area contributed by atoms with E-state index in [9.17, 15) is 0 Å². The zero-order valence-corrected chi connectivity index (χ0v) is 19.5. The molecule has 0 saturated heterocycles. The van der Waals surface area contributed by atoms with Gasteiger partial charge in [-0.2, -0.15) is 5.26 Å². The summed E-state index contributed by atoms with van der Waals surface area (Å²) in [5.74, 6) is 3.68. The fourth-order valence-electron chi connectivity index (χ4n) is 2.86. The van der Waals surface area contributed by atoms with E-state index in [1.807, 2.05) is 48.5 Å². The first-order valence-electron chi connectivity index (χ1n) is 9.16. The van der Waals surface area contributed by atoms with Gasteiger partial charge in [-0.1, -0.05) is 40.5 Å². The summed E-state index contributed by atoms with van der Waals surface area (Å²) in [5, 5.41) is 29.6. The first kappa shape index (κ1) is 27.8. The number of halogens is 3. The minimum atomic E-state index is 0. The molecule has 8 nitrogen and oxygen atoms in total. The Morgan fingerprint density at radius 3 is 1.88 bits per heavy atom. The topological polar surface area (TPSA) is 154 Å². The van der Waals surface area contributed by atoms with Crippen LogP contribution in [0.2, 0.25) is 10.0 Å². The Balaban J connectivity index is 0.000000301. The fraction of sp³-hybridized carbons (Fsp3) is 0.0909. The number of amidine groups is 1. The Bertz CT molecular complexity index is 1280. The van der Waals surface area contributed by atoms with E-state index < -0.39 is 0 Å². The molecule has 0 spiro atoms. The highest BCUT2D eigenvalue weighted by Crippen LogP contribution is 2.19. The van der Waals surface area contributed by atoms with Gasteiger partial charge >= 0.3 is 0 Å². The van der Waals surface area contributed by atoms with Gasteiger partial charge in [0, 0.05) is 29.6 Å². The average Bonchev–Trinajstić information content (AvgIpc) is 2.80. The minimum absolute atomic E-state index is 0. The van der Waals surface area contributed by atoms with Crippen LogP contribution in [0.1, 0.15) is 11.1 Å². The number of oxime groups is 1. The Morgan fingerprint density at radius 2 is 1.39 bits per heavy atom. The molecule has 4 rings (SSSR count). The molecule has 0 saturated carbocycles. The first-order valence-corrected chi connectivity index (χ1v) is 9.91. The Kier molecular flexibility index (Phi) is 11.9. The third-order valence-electron chi connectivity index (χ3n) is 4.22. The summed E-state index contributed by atoms with van der Waals surface area (Å²) in [4.78, 5) is 8.35. The van der Waals surface area contributed by atoms with E-state index in [0.717, 1.165) is 32.9 Å². The van der Waals surface area contributed by atoms with Crippen LogP contribution in [0.3, 0.4) is 0 Å². The second-order valence-corrected chi connectivity index (χ2v) is 7.34. The maximum Gasteiger partial charge on any atom is 0.143 e. The molecule has 0 aliphatic heterocycles. The summed E-state index contributed by atoms with van der Waals surface area (Å²) in [6.45, 7) is 0. The molecule has 6 N–H and O–H groups in total. The van der Waals surface area contributed by atoms with Crippen molar-refractivity contribution in [3.05, 3.63) is 82.1 Å². The molecule has 0 amide bonds. The first-order chi connectivity index (χ1) is 15.5. The predicted octanol–water partition coefficient (Wildman–Crippen LogP) is 4.89. The summed E-state index contributed by atoms with van der Waals surface area (Å²) in [5.41, 5.74) is 9.15. The molecule has 11 heteroatoms. The highest BCUT2D eigenvalue weighted by atomic mass is 35.5. The number of nitrogens with zero attached hydrogens (tertiary/aromatic N) is 4. The van der Waals surface area contributed by atoms with E-state index in [0.29, 0.717) is 22.9 Å². The third kappa shape index (κ3) is 8.35. The molecule has 0 radical (unpaired) electrons. The second-order valence-electron chi connectivity index (χ2n) is 6.46. The molecule has 172 valence electrons. The number of fused-ring (bicyclic) bond motifs is 2. The molecule has 0 fully saturated rings. The lowest BCUT2D eigenvalue weighted by Gasteiger charge is -2.02. The van der Waals surface area contributed by atoms with Crippen LogP contribution < -0.4 is 11.6 Å². The number of pyridine rings is 2. The summed E-state index contributed by atoms with van der Waals surface area (Å²) < 4.78 is 0. The van der Waals surface area contributed by atoms with Crippen LogP contribution in [0.4, 0.5) is 0 Å². The van der Waals surface area contributed by atoms with Gasteiger partial charge in [0.2, 0.25) is 0 Å². The summed E-state index contributed by atoms with van der Waals surface area (Å²) in [7, 11) is 0. The number of nitriles is 1. The monoisotopic (exact) mass is 506 g/mol. The van der Waals surface area contributed by atoms with Gasteiger partial charge in [-0.25, -0.2) is 5.90 Å². The van der Waals surface area contributed by atoms with Crippen molar-refractivity contribution < 1.29 is 10.4 Å². The van der Waals surface area contributed by atoms with Crippen molar-refractivity contribution in [1.29, 1.82) is 5.26 Å². The Hall–Kier alpha value is -3.19. The highest BCUT2D eigenvalue weighted by Gasteiger charge is 2.01. The Labute approximate surface area is 206 Å². The van der Waals surface area contributed by atoms with Crippen LogP contribution in [0.15, 0.2) is 66.1 Å². The molecule has 2 aromatic heterocycles. The van der Waals surface area contributed by atoms with Crippen molar-refractivity contribution in [3.63, 3.8) is 0 Å². The SMILES string of the molecule is Cl.N#CCc1ccc2ncc(Cl)cc2c1.N/C(Cc1ccc2ncc(Cl)cc2c1)=N\O.NO. The molecular formula is C22H21Cl3N6O2. The molecule has 4 aromatic rings. The van der Waals surface area contributed by atoms with E-state index in [4.69, 9.17) is 44.6 Å². The van der Waals surface area contributed by atoms with E-state index in [-0.39, 0.29) is 18.2 Å². The number of benzene rings is 2. The van der Waals surface area contributed by atoms with Gasteiger partial charge in [-0.15, -0.1) is 12.4 Å². The third-order valence-corrected chi connectivity index (χ3v) is 4.63. The lowest BCUT2D eigenvalue weighted by atomic mass is 10.1. The maximum absolute atomic E-state index is 8.55. The second kappa shape index (κ2) is 14.1. The van der Waals surface area contributed by atoms with Crippen LogP contribution in [0, 0.1) is 11.3 Å². The van der Waals surface area contributed by atoms with Crippen LogP contribution in [0.25, 0.3) is 21.8 Å². The lowest BCUT2D eigenvalue weighted by Crippen LogP contribution is -2.14. The molecule has 0 bridgehead atoms. The number of rotatable bonds is 3. The molecule has 0 aliphatic rings. The van der Waals surface area contributed by atoms with Crippen molar-refractivity contribution >= 4 is 63.3 Å². The van der Waals surface area contributed by atoms with Gasteiger partial charge in [0.05, 0.1) is 33.6 Å². The maximum atomic E-state index is 8.55. The van der Waals surface area contributed by atoms with E-state index in [1.165, 1.54) is 0 Å². The van der Waals surface area contributed by atoms with Gasteiger partial charge in [-0.3, -0.25) is 9.97 Å².